The molecule has 2 N–H and O–H groups in total. The largest absolute Gasteiger partial charge is 0.412 e. The zero-order valence-corrected chi connectivity index (χ0v) is 15.9. The van der Waals surface area contributed by atoms with Crippen molar-refractivity contribution in [3.8, 4) is 6.07 Å². The van der Waals surface area contributed by atoms with Gasteiger partial charge in [-0.25, -0.2) is 0 Å². The van der Waals surface area contributed by atoms with Gasteiger partial charge in [-0.3, -0.25) is 4.90 Å². The van der Waals surface area contributed by atoms with Gasteiger partial charge < -0.3 is 10.4 Å². The second kappa shape index (κ2) is 8.49. The quantitative estimate of drug-likeness (QED) is 0.773. The van der Waals surface area contributed by atoms with E-state index in [1.807, 2.05) is 0 Å². The molecule has 140 valence electrons. The summed E-state index contributed by atoms with van der Waals surface area (Å²) < 4.78 is 0. The summed E-state index contributed by atoms with van der Waals surface area (Å²) in [6.45, 7) is 7.85. The zero-order valence-electron chi connectivity index (χ0n) is 15.9. The number of nitriles is 1. The number of nitrogens with zero attached hydrogens (tertiary/aromatic N) is 3. The average Bonchev–Trinajstić information content (AvgIpc) is 2.84. The van der Waals surface area contributed by atoms with Crippen LogP contribution < -0.4 is 0 Å². The third kappa shape index (κ3) is 3.68. The molecule has 0 spiro atoms. The van der Waals surface area contributed by atoms with E-state index in [0.717, 1.165) is 44.7 Å². The standard InChI is InChI=1S/C23H25N3.H2O/c1-2-25-13-15-26(16-14-25)23-17-18-7-3-4-8-19(18)21(11-12-24)20-9-5-6-10-22(20)23;/h3-11,23H,2,13-17H2,1H3;1H2/b21-11-;. The summed E-state index contributed by atoms with van der Waals surface area (Å²) in [6.07, 6.45) is 2.72. The van der Waals surface area contributed by atoms with Crippen molar-refractivity contribution in [1.82, 2.24) is 9.80 Å². The Labute approximate surface area is 161 Å². The normalized spacial score (nSPS) is 21.5. The maximum atomic E-state index is 9.39. The summed E-state index contributed by atoms with van der Waals surface area (Å²) in [7, 11) is 0. The molecule has 1 heterocycles. The van der Waals surface area contributed by atoms with Crippen LogP contribution in [0.4, 0.5) is 0 Å². The van der Waals surface area contributed by atoms with Gasteiger partial charge in [0.05, 0.1) is 6.07 Å². The number of piperazine rings is 1. The maximum absolute atomic E-state index is 9.39. The summed E-state index contributed by atoms with van der Waals surface area (Å²) in [5.41, 5.74) is 6.18. The second-order valence-corrected chi connectivity index (χ2v) is 7.12. The number of hydrogen-bond acceptors (Lipinski definition) is 3. The lowest BCUT2D eigenvalue weighted by atomic mass is 9.93. The van der Waals surface area contributed by atoms with Gasteiger partial charge in [-0.15, -0.1) is 0 Å². The number of hydrogen-bond donors (Lipinski definition) is 0. The summed E-state index contributed by atoms with van der Waals surface area (Å²) in [6, 6.07) is 19.9. The van der Waals surface area contributed by atoms with Crippen molar-refractivity contribution >= 4 is 5.57 Å². The Balaban J connectivity index is 0.00000210. The van der Waals surface area contributed by atoms with E-state index in [1.54, 1.807) is 6.08 Å². The van der Waals surface area contributed by atoms with E-state index in [9.17, 15) is 5.26 Å². The van der Waals surface area contributed by atoms with Crippen LogP contribution in [0.15, 0.2) is 54.6 Å². The van der Waals surface area contributed by atoms with Crippen molar-refractivity contribution in [3.63, 3.8) is 0 Å². The van der Waals surface area contributed by atoms with Crippen molar-refractivity contribution in [2.75, 3.05) is 32.7 Å². The van der Waals surface area contributed by atoms with Crippen LogP contribution in [0.3, 0.4) is 0 Å². The Morgan fingerprint density at radius 1 is 1.00 bits per heavy atom. The van der Waals surface area contributed by atoms with Gasteiger partial charge in [0.2, 0.25) is 0 Å². The minimum Gasteiger partial charge on any atom is -0.412 e. The monoisotopic (exact) mass is 361 g/mol. The number of rotatable bonds is 2. The maximum Gasteiger partial charge on any atom is 0.0918 e. The topological polar surface area (TPSA) is 61.8 Å². The molecule has 4 nitrogen and oxygen atoms in total. The summed E-state index contributed by atoms with van der Waals surface area (Å²) >= 11 is 0. The van der Waals surface area contributed by atoms with Crippen LogP contribution in [0.5, 0.6) is 0 Å². The van der Waals surface area contributed by atoms with Crippen molar-refractivity contribution < 1.29 is 5.48 Å². The molecule has 4 rings (SSSR count). The Kier molecular flexibility index (Phi) is 6.08. The van der Waals surface area contributed by atoms with Crippen LogP contribution in [0.1, 0.15) is 35.2 Å². The highest BCUT2D eigenvalue weighted by molar-refractivity contribution is 5.85. The summed E-state index contributed by atoms with van der Waals surface area (Å²) in [5, 5.41) is 9.39. The molecule has 1 saturated heterocycles. The molecular formula is C23H27N3O. The fourth-order valence-electron chi connectivity index (χ4n) is 4.39. The van der Waals surface area contributed by atoms with Crippen molar-refractivity contribution in [1.29, 1.82) is 5.26 Å². The number of fused-ring (bicyclic) bond motifs is 2. The molecule has 1 atom stereocenters. The van der Waals surface area contributed by atoms with Crippen molar-refractivity contribution in [2.45, 2.75) is 19.4 Å². The Morgan fingerprint density at radius 3 is 2.37 bits per heavy atom. The number of likely N-dealkylation sites (N-methyl/N-ethyl adjacent to an activating group) is 1. The highest BCUT2D eigenvalue weighted by atomic mass is 16.0. The first kappa shape index (κ1) is 19.3. The molecule has 0 saturated carbocycles. The molecule has 0 aromatic heterocycles. The molecule has 2 aromatic rings. The molecule has 27 heavy (non-hydrogen) atoms. The van der Waals surface area contributed by atoms with E-state index >= 15 is 0 Å². The smallest absolute Gasteiger partial charge is 0.0918 e. The van der Waals surface area contributed by atoms with Crippen molar-refractivity contribution in [3.05, 3.63) is 76.9 Å². The molecular weight excluding hydrogens is 334 g/mol. The highest BCUT2D eigenvalue weighted by Crippen LogP contribution is 2.40. The van der Waals surface area contributed by atoms with Gasteiger partial charge in [-0.2, -0.15) is 5.26 Å². The Bertz CT molecular complexity index is 860. The van der Waals surface area contributed by atoms with E-state index in [2.05, 4.69) is 71.3 Å². The fraction of sp³-hybridized carbons (Fsp3) is 0.348. The minimum absolute atomic E-state index is 0. The molecule has 2 aliphatic rings. The van der Waals surface area contributed by atoms with Gasteiger partial charge in [-0.1, -0.05) is 55.5 Å². The summed E-state index contributed by atoms with van der Waals surface area (Å²) in [5.74, 6) is 0. The number of allylic oxidation sites excluding steroid dienone is 1. The van der Waals surface area contributed by atoms with Crippen LogP contribution >= 0.6 is 0 Å². The van der Waals surface area contributed by atoms with E-state index in [4.69, 9.17) is 0 Å². The van der Waals surface area contributed by atoms with E-state index in [0.29, 0.717) is 6.04 Å². The molecule has 4 heteroatoms. The van der Waals surface area contributed by atoms with Gasteiger partial charge in [0.1, 0.15) is 0 Å². The Morgan fingerprint density at radius 2 is 1.67 bits per heavy atom. The fourth-order valence-corrected chi connectivity index (χ4v) is 4.39. The van der Waals surface area contributed by atoms with Gasteiger partial charge >= 0.3 is 0 Å². The lowest BCUT2D eigenvalue weighted by molar-refractivity contribution is 0.0989. The highest BCUT2D eigenvalue weighted by Gasteiger charge is 2.30. The average molecular weight is 361 g/mol. The van der Waals surface area contributed by atoms with Gasteiger partial charge in [-0.05, 0) is 40.8 Å². The first-order valence-electron chi connectivity index (χ1n) is 9.55. The zero-order chi connectivity index (χ0) is 17.9. The van der Waals surface area contributed by atoms with Crippen LogP contribution in [-0.4, -0.2) is 48.0 Å². The first-order chi connectivity index (χ1) is 12.8. The third-order valence-electron chi connectivity index (χ3n) is 5.83. The molecule has 0 amide bonds. The molecule has 0 radical (unpaired) electrons. The molecule has 2 aromatic carbocycles. The van der Waals surface area contributed by atoms with E-state index < -0.39 is 0 Å². The van der Waals surface area contributed by atoms with Crippen LogP contribution in [0.25, 0.3) is 5.57 Å². The van der Waals surface area contributed by atoms with Crippen molar-refractivity contribution in [2.24, 2.45) is 0 Å². The van der Waals surface area contributed by atoms with Crippen LogP contribution in [-0.2, 0) is 6.42 Å². The molecule has 1 unspecified atom stereocenters. The third-order valence-corrected chi connectivity index (χ3v) is 5.83. The predicted octanol–water partition coefficient (Wildman–Crippen LogP) is 3.05. The van der Waals surface area contributed by atoms with Gasteiger partial charge in [0.15, 0.2) is 0 Å². The SMILES string of the molecule is CCN1CCN(C2Cc3ccccc3/C(=C/C#N)c3ccccc32)CC1.O. The molecule has 1 fully saturated rings. The Hall–Kier alpha value is -2.45. The summed E-state index contributed by atoms with van der Waals surface area (Å²) in [4.78, 5) is 5.16. The van der Waals surface area contributed by atoms with E-state index in [-0.39, 0.29) is 5.48 Å². The van der Waals surface area contributed by atoms with Gasteiger partial charge in [0.25, 0.3) is 0 Å². The lowest BCUT2D eigenvalue weighted by Gasteiger charge is -2.39. The number of benzene rings is 2. The van der Waals surface area contributed by atoms with E-state index in [1.165, 1.54) is 22.3 Å². The molecule has 1 aliphatic carbocycles. The minimum atomic E-state index is 0. The van der Waals surface area contributed by atoms with Crippen LogP contribution in [0, 0.1) is 11.3 Å². The lowest BCUT2D eigenvalue weighted by Crippen LogP contribution is -2.47. The molecule has 1 aliphatic heterocycles. The predicted molar refractivity (Wildman–Crippen MR) is 109 cm³/mol. The van der Waals surface area contributed by atoms with Crippen LogP contribution in [0.2, 0.25) is 0 Å². The second-order valence-electron chi connectivity index (χ2n) is 7.12. The van der Waals surface area contributed by atoms with Gasteiger partial charge in [0, 0.05) is 38.3 Å². The first-order valence-corrected chi connectivity index (χ1v) is 9.55. The molecule has 0 bridgehead atoms.